The van der Waals surface area contributed by atoms with Gasteiger partial charge in [0, 0.05) is 18.1 Å². The molecule has 0 saturated carbocycles. The van der Waals surface area contributed by atoms with Crippen LogP contribution in [0.3, 0.4) is 0 Å². The third-order valence-corrected chi connectivity index (χ3v) is 1.83. The first-order chi connectivity index (χ1) is 7.07. The highest BCUT2D eigenvalue weighted by molar-refractivity contribution is 5.37. The van der Waals surface area contributed by atoms with Gasteiger partial charge in [-0.1, -0.05) is 0 Å². The molecule has 2 N–H and O–H groups in total. The molecule has 1 aromatic carbocycles. The Morgan fingerprint density at radius 2 is 2.13 bits per heavy atom. The standard InChI is InChI=1S/C8H8F2N2O3/c9-6-1-2-7(12(13)14)8(10)5(6)3-4-15-11/h1-2H,3-4,11H2. The summed E-state index contributed by atoms with van der Waals surface area (Å²) in [6.07, 6.45) is -0.157. The van der Waals surface area contributed by atoms with Crippen LogP contribution in [-0.4, -0.2) is 11.5 Å². The average Bonchev–Trinajstić information content (AvgIpc) is 2.17. The maximum atomic E-state index is 13.3. The quantitative estimate of drug-likeness (QED) is 0.610. The fraction of sp³-hybridized carbons (Fsp3) is 0.250. The average molecular weight is 218 g/mol. The van der Waals surface area contributed by atoms with Crippen LogP contribution in [0.2, 0.25) is 0 Å². The zero-order valence-corrected chi connectivity index (χ0v) is 7.57. The molecule has 0 heterocycles. The van der Waals surface area contributed by atoms with E-state index in [-0.39, 0.29) is 13.0 Å². The molecule has 0 atom stereocenters. The van der Waals surface area contributed by atoms with Crippen LogP contribution in [0, 0.1) is 21.7 Å². The molecule has 1 rings (SSSR count). The molecule has 82 valence electrons. The number of nitro groups is 1. The number of hydrogen-bond donors (Lipinski definition) is 1. The van der Waals surface area contributed by atoms with Gasteiger partial charge in [-0.2, -0.15) is 4.39 Å². The Balaban J connectivity index is 3.12. The SMILES string of the molecule is NOCCc1c(F)ccc([N+](=O)[O-])c1F. The van der Waals surface area contributed by atoms with Gasteiger partial charge >= 0.3 is 5.69 Å². The minimum Gasteiger partial charge on any atom is -0.304 e. The largest absolute Gasteiger partial charge is 0.305 e. The molecule has 0 aliphatic rings. The molecule has 0 radical (unpaired) electrons. The maximum absolute atomic E-state index is 13.3. The van der Waals surface area contributed by atoms with E-state index >= 15 is 0 Å². The molecule has 1 aromatic rings. The summed E-state index contributed by atoms with van der Waals surface area (Å²) in [5, 5.41) is 10.3. The molecule has 0 aliphatic heterocycles. The lowest BCUT2D eigenvalue weighted by molar-refractivity contribution is -0.387. The molecule has 0 aliphatic carbocycles. The number of nitro benzene ring substituents is 1. The predicted molar refractivity (Wildman–Crippen MR) is 46.9 cm³/mol. The Labute approximate surface area is 83.6 Å². The third kappa shape index (κ3) is 2.45. The number of nitrogens with two attached hydrogens (primary N) is 1. The maximum Gasteiger partial charge on any atom is 0.305 e. The molecule has 0 aromatic heterocycles. The van der Waals surface area contributed by atoms with Crippen molar-refractivity contribution in [3.63, 3.8) is 0 Å². The lowest BCUT2D eigenvalue weighted by Crippen LogP contribution is -2.08. The van der Waals surface area contributed by atoms with E-state index in [4.69, 9.17) is 5.90 Å². The summed E-state index contributed by atoms with van der Waals surface area (Å²) in [7, 11) is 0. The summed E-state index contributed by atoms with van der Waals surface area (Å²) >= 11 is 0. The Morgan fingerprint density at radius 3 is 2.67 bits per heavy atom. The number of halogens is 2. The molecular weight excluding hydrogens is 210 g/mol. The van der Waals surface area contributed by atoms with Crippen molar-refractivity contribution in [3.05, 3.63) is 39.4 Å². The highest BCUT2D eigenvalue weighted by atomic mass is 19.1. The van der Waals surface area contributed by atoms with Gasteiger partial charge in [-0.05, 0) is 6.07 Å². The van der Waals surface area contributed by atoms with E-state index in [0.29, 0.717) is 0 Å². The number of rotatable bonds is 4. The molecular formula is C8H8F2N2O3. The Morgan fingerprint density at radius 1 is 1.47 bits per heavy atom. The van der Waals surface area contributed by atoms with Crippen LogP contribution < -0.4 is 5.90 Å². The van der Waals surface area contributed by atoms with E-state index < -0.39 is 27.8 Å². The van der Waals surface area contributed by atoms with Gasteiger partial charge in [0.05, 0.1) is 11.5 Å². The van der Waals surface area contributed by atoms with Gasteiger partial charge in [0.1, 0.15) is 5.82 Å². The Hall–Kier alpha value is -1.60. The predicted octanol–water partition coefficient (Wildman–Crippen LogP) is 1.31. The normalized spacial score (nSPS) is 10.3. The van der Waals surface area contributed by atoms with Crippen LogP contribution in [0.25, 0.3) is 0 Å². The second-order valence-corrected chi connectivity index (χ2v) is 2.74. The van der Waals surface area contributed by atoms with Crippen molar-refractivity contribution in [1.82, 2.24) is 0 Å². The molecule has 0 bridgehead atoms. The topological polar surface area (TPSA) is 78.4 Å². The van der Waals surface area contributed by atoms with Crippen molar-refractivity contribution >= 4 is 5.69 Å². The van der Waals surface area contributed by atoms with Crippen molar-refractivity contribution in [2.75, 3.05) is 6.61 Å². The van der Waals surface area contributed by atoms with Gasteiger partial charge in [-0.3, -0.25) is 10.1 Å². The molecule has 15 heavy (non-hydrogen) atoms. The summed E-state index contributed by atoms with van der Waals surface area (Å²) in [6, 6.07) is 1.62. The molecule has 5 nitrogen and oxygen atoms in total. The summed E-state index contributed by atoms with van der Waals surface area (Å²) in [4.78, 5) is 13.6. The Bertz CT molecular complexity index is 384. The lowest BCUT2D eigenvalue weighted by atomic mass is 10.1. The van der Waals surface area contributed by atoms with E-state index in [0.717, 1.165) is 12.1 Å². The molecule has 7 heteroatoms. The first-order valence-electron chi connectivity index (χ1n) is 4.01. The fourth-order valence-electron chi connectivity index (χ4n) is 1.12. The van der Waals surface area contributed by atoms with Gasteiger partial charge in [0.15, 0.2) is 0 Å². The van der Waals surface area contributed by atoms with E-state index in [1.165, 1.54) is 0 Å². The number of nitrogens with zero attached hydrogens (tertiary/aromatic N) is 1. The minimum atomic E-state index is -1.18. The first-order valence-corrected chi connectivity index (χ1v) is 4.01. The molecule has 0 saturated heterocycles. The third-order valence-electron chi connectivity index (χ3n) is 1.83. The molecule has 0 spiro atoms. The Kier molecular flexibility index (Phi) is 3.64. The van der Waals surface area contributed by atoms with Gasteiger partial charge < -0.3 is 4.84 Å². The van der Waals surface area contributed by atoms with Crippen molar-refractivity contribution < 1.29 is 18.5 Å². The zero-order chi connectivity index (χ0) is 11.4. The van der Waals surface area contributed by atoms with Gasteiger partial charge in [-0.25, -0.2) is 10.3 Å². The molecule has 0 fully saturated rings. The van der Waals surface area contributed by atoms with Crippen LogP contribution in [0.15, 0.2) is 12.1 Å². The molecule has 0 unspecified atom stereocenters. The smallest absolute Gasteiger partial charge is 0.304 e. The van der Waals surface area contributed by atoms with Crippen LogP contribution in [0.1, 0.15) is 5.56 Å². The van der Waals surface area contributed by atoms with Crippen molar-refractivity contribution in [2.24, 2.45) is 5.90 Å². The van der Waals surface area contributed by atoms with Gasteiger partial charge in [0.25, 0.3) is 0 Å². The van der Waals surface area contributed by atoms with Crippen LogP contribution in [0.4, 0.5) is 14.5 Å². The summed E-state index contributed by atoms with van der Waals surface area (Å²) in [6.45, 7) is -0.116. The fourth-order valence-corrected chi connectivity index (χ4v) is 1.12. The zero-order valence-electron chi connectivity index (χ0n) is 7.57. The minimum absolute atomic E-state index is 0.116. The summed E-state index contributed by atoms with van der Waals surface area (Å²) < 4.78 is 26.4. The lowest BCUT2D eigenvalue weighted by Gasteiger charge is -2.03. The first kappa shape index (κ1) is 11.5. The summed E-state index contributed by atoms with van der Waals surface area (Å²) in [5.74, 6) is 2.66. The molecule has 0 amide bonds. The van der Waals surface area contributed by atoms with Crippen molar-refractivity contribution in [1.29, 1.82) is 0 Å². The van der Waals surface area contributed by atoms with E-state index in [2.05, 4.69) is 4.84 Å². The number of benzene rings is 1. The highest BCUT2D eigenvalue weighted by Gasteiger charge is 2.20. The van der Waals surface area contributed by atoms with Crippen LogP contribution in [0.5, 0.6) is 0 Å². The second kappa shape index (κ2) is 4.76. The van der Waals surface area contributed by atoms with Crippen LogP contribution in [-0.2, 0) is 11.3 Å². The van der Waals surface area contributed by atoms with Gasteiger partial charge in [0.2, 0.25) is 5.82 Å². The second-order valence-electron chi connectivity index (χ2n) is 2.74. The van der Waals surface area contributed by atoms with E-state index in [1.54, 1.807) is 0 Å². The van der Waals surface area contributed by atoms with Crippen molar-refractivity contribution in [2.45, 2.75) is 6.42 Å². The van der Waals surface area contributed by atoms with Crippen molar-refractivity contribution in [3.8, 4) is 0 Å². The summed E-state index contributed by atoms with van der Waals surface area (Å²) in [5.41, 5.74) is -1.15. The van der Waals surface area contributed by atoms with E-state index in [9.17, 15) is 18.9 Å². The number of hydrogen-bond acceptors (Lipinski definition) is 4. The monoisotopic (exact) mass is 218 g/mol. The van der Waals surface area contributed by atoms with Gasteiger partial charge in [-0.15, -0.1) is 0 Å². The van der Waals surface area contributed by atoms with E-state index in [1.807, 2.05) is 0 Å². The van der Waals surface area contributed by atoms with Crippen LogP contribution >= 0.6 is 0 Å². The highest BCUT2D eigenvalue weighted by Crippen LogP contribution is 2.23.